The van der Waals surface area contributed by atoms with E-state index in [-0.39, 0.29) is 34.8 Å². The van der Waals surface area contributed by atoms with Crippen molar-refractivity contribution in [1.82, 2.24) is 10.2 Å². The Morgan fingerprint density at radius 1 is 0.981 bits per heavy atom. The molecule has 0 radical (unpaired) electrons. The van der Waals surface area contributed by atoms with Gasteiger partial charge in [0.2, 0.25) is 5.91 Å². The van der Waals surface area contributed by atoms with E-state index >= 15 is 0 Å². The Labute approximate surface area is 319 Å². The lowest BCUT2D eigenvalue weighted by Gasteiger charge is -2.28. The second kappa shape index (κ2) is 19.0. The summed E-state index contributed by atoms with van der Waals surface area (Å²) in [4.78, 5) is 47.0. The molecule has 1 N–H and O–H groups in total. The van der Waals surface area contributed by atoms with Crippen LogP contribution in [0, 0.1) is 5.82 Å². The summed E-state index contributed by atoms with van der Waals surface area (Å²) in [6.07, 6.45) is 10.2. The molecule has 0 bridgehead atoms. The zero-order valence-electron chi connectivity index (χ0n) is 30.0. The molecular weight excluding hydrogens is 702 g/mol. The number of carbonyl (C=O) groups excluding carboxylic acids is 3. The van der Waals surface area contributed by atoms with E-state index in [1.54, 1.807) is 61.6 Å². The Morgan fingerprint density at radius 2 is 1.65 bits per heavy atom. The van der Waals surface area contributed by atoms with Crippen molar-refractivity contribution >= 4 is 40.7 Å². The van der Waals surface area contributed by atoms with Crippen LogP contribution in [0.2, 0.25) is 0 Å². The van der Waals surface area contributed by atoms with Gasteiger partial charge in [-0.25, -0.2) is 4.39 Å². The highest BCUT2D eigenvalue weighted by Crippen LogP contribution is 2.36. The summed E-state index contributed by atoms with van der Waals surface area (Å²) in [6.45, 7) is 9.51. The molecule has 54 heavy (non-hydrogen) atoms. The van der Waals surface area contributed by atoms with E-state index in [1.165, 1.54) is 30.2 Å². The first-order chi connectivity index (χ1) is 26.3. The van der Waals surface area contributed by atoms with Crippen LogP contribution in [-0.4, -0.2) is 40.7 Å². The van der Waals surface area contributed by atoms with Crippen molar-refractivity contribution in [1.29, 1.82) is 0 Å². The summed E-state index contributed by atoms with van der Waals surface area (Å²) in [6, 6.07) is 28.2. The first kappa shape index (κ1) is 39.0. The fourth-order valence-electron chi connectivity index (χ4n) is 5.69. The molecular formula is C44H40FN3O5S. The third-order valence-electron chi connectivity index (χ3n) is 8.26. The van der Waals surface area contributed by atoms with Crippen LogP contribution >= 0.6 is 11.8 Å². The molecule has 0 spiro atoms. The van der Waals surface area contributed by atoms with Crippen LogP contribution < -0.4 is 14.8 Å². The number of allylic oxidation sites excluding steroid dienone is 5. The molecule has 1 aliphatic rings. The molecule has 10 heteroatoms. The van der Waals surface area contributed by atoms with Gasteiger partial charge in [-0.3, -0.25) is 19.3 Å². The van der Waals surface area contributed by atoms with Gasteiger partial charge in [0.05, 0.1) is 18.9 Å². The number of ether oxygens (including phenoxy) is 2. The molecule has 1 heterocycles. The summed E-state index contributed by atoms with van der Waals surface area (Å²) in [5.74, 6) is -1.32. The number of halogens is 1. The molecule has 8 nitrogen and oxygen atoms in total. The van der Waals surface area contributed by atoms with Gasteiger partial charge in [0.1, 0.15) is 18.0 Å². The number of amides is 3. The monoisotopic (exact) mass is 741 g/mol. The lowest BCUT2D eigenvalue weighted by atomic mass is 9.99. The van der Waals surface area contributed by atoms with Crippen molar-refractivity contribution in [3.8, 4) is 11.5 Å². The Kier molecular flexibility index (Phi) is 13.7. The topological polar surface area (TPSA) is 97.3 Å². The minimum Gasteiger partial charge on any atom is -0.493 e. The lowest BCUT2D eigenvalue weighted by Crippen LogP contribution is -2.42. The fourth-order valence-corrected chi connectivity index (χ4v) is 6.49. The third kappa shape index (κ3) is 9.78. The number of thioether (sulfide) groups is 1. The molecule has 0 aliphatic carbocycles. The van der Waals surface area contributed by atoms with Gasteiger partial charge in [-0.15, -0.1) is 6.58 Å². The molecule has 4 aromatic carbocycles. The molecule has 0 unspecified atom stereocenters. The number of benzene rings is 4. The van der Waals surface area contributed by atoms with Gasteiger partial charge < -0.3 is 14.8 Å². The van der Waals surface area contributed by atoms with Crippen LogP contribution in [0.15, 0.2) is 157 Å². The molecule has 4 aromatic rings. The first-order valence-electron chi connectivity index (χ1n) is 17.1. The van der Waals surface area contributed by atoms with Crippen molar-refractivity contribution in [3.63, 3.8) is 0 Å². The van der Waals surface area contributed by atoms with Crippen molar-refractivity contribution in [2.45, 2.75) is 26.0 Å². The molecule has 1 aliphatic heterocycles. The predicted octanol–water partition coefficient (Wildman–Crippen LogP) is 8.54. The summed E-state index contributed by atoms with van der Waals surface area (Å²) >= 11 is 0.986. The second-order valence-electron chi connectivity index (χ2n) is 11.9. The van der Waals surface area contributed by atoms with Crippen LogP contribution in [0.1, 0.15) is 40.8 Å². The van der Waals surface area contributed by atoms with Gasteiger partial charge in [0, 0.05) is 11.3 Å². The second-order valence-corrected chi connectivity index (χ2v) is 12.9. The Hall–Kier alpha value is -6.26. The first-order valence-corrected chi connectivity index (χ1v) is 18.1. The van der Waals surface area contributed by atoms with Crippen molar-refractivity contribution in [2.24, 2.45) is 4.99 Å². The number of carbonyl (C=O) groups is 3. The highest BCUT2D eigenvalue weighted by Gasteiger charge is 2.35. The molecule has 274 valence electrons. The van der Waals surface area contributed by atoms with E-state index in [1.807, 2.05) is 60.7 Å². The number of nitrogens with zero attached hydrogens (tertiary/aromatic N) is 2. The van der Waals surface area contributed by atoms with E-state index in [2.05, 4.69) is 23.5 Å². The zero-order valence-corrected chi connectivity index (χ0v) is 30.9. The van der Waals surface area contributed by atoms with Crippen LogP contribution in [0.3, 0.4) is 0 Å². The molecule has 0 fully saturated rings. The van der Waals surface area contributed by atoms with E-state index in [9.17, 15) is 18.8 Å². The number of amidine groups is 1. The summed E-state index contributed by atoms with van der Waals surface area (Å²) < 4.78 is 25.2. The number of rotatable bonds is 15. The van der Waals surface area contributed by atoms with Crippen LogP contribution in [0.4, 0.5) is 4.39 Å². The van der Waals surface area contributed by atoms with Crippen LogP contribution in [-0.2, 0) is 27.4 Å². The number of hydrogen-bond donors (Lipinski definition) is 1. The largest absolute Gasteiger partial charge is 0.493 e. The molecule has 0 atom stereocenters. The molecule has 5 rings (SSSR count). The average Bonchev–Trinajstić information content (AvgIpc) is 3.19. The van der Waals surface area contributed by atoms with Gasteiger partial charge in [-0.2, -0.15) is 4.99 Å². The Bertz CT molecular complexity index is 2090. The highest BCUT2D eigenvalue weighted by molar-refractivity contribution is 8.14. The quantitative estimate of drug-likeness (QED) is 0.0568. The van der Waals surface area contributed by atoms with Gasteiger partial charge in [0.25, 0.3) is 11.8 Å². The minimum absolute atomic E-state index is 0.0598. The Morgan fingerprint density at radius 3 is 2.24 bits per heavy atom. The van der Waals surface area contributed by atoms with Crippen molar-refractivity contribution in [3.05, 3.63) is 186 Å². The highest BCUT2D eigenvalue weighted by atomic mass is 32.2. The van der Waals surface area contributed by atoms with E-state index in [4.69, 9.17) is 9.47 Å². The fraction of sp³-hybridized carbons (Fsp3) is 0.136. The van der Waals surface area contributed by atoms with Gasteiger partial charge in [-0.1, -0.05) is 115 Å². The Balaban J connectivity index is 1.44. The summed E-state index contributed by atoms with van der Waals surface area (Å²) in [7, 11) is 1.49. The average molecular weight is 742 g/mol. The molecule has 3 amide bonds. The lowest BCUT2D eigenvalue weighted by molar-refractivity contribution is -0.126. The summed E-state index contributed by atoms with van der Waals surface area (Å²) in [5.41, 5.74) is 4.02. The zero-order chi connectivity index (χ0) is 38.5. The van der Waals surface area contributed by atoms with E-state index < -0.39 is 17.9 Å². The van der Waals surface area contributed by atoms with Crippen molar-refractivity contribution in [2.75, 3.05) is 12.9 Å². The maximum atomic E-state index is 14.3. The SMILES string of the molecule is C=C/C=C\C(=C/C)N1C(=O)/C(=C/c2cc(CC=C)c(OCc3ccc(F)cc3)c(OC)c2)C(=O)N=C1SCC(=O)NC(c1ccccc1)c1ccccc1. The van der Waals surface area contributed by atoms with Crippen LogP contribution in [0.5, 0.6) is 11.5 Å². The number of methoxy groups -OCH3 is 1. The molecule has 0 saturated heterocycles. The van der Waals surface area contributed by atoms with Gasteiger partial charge in [-0.05, 0) is 72.0 Å². The van der Waals surface area contributed by atoms with E-state index in [0.717, 1.165) is 28.5 Å². The standard InChI is InChI=1S/C44H40FN3O5S/c1-5-8-20-36(7-3)48-43(51)37(26-31-25-34(15-6-2)41(38(27-31)52-4)53-28-30-21-23-35(45)24-22-30)42(50)47-44(48)54-29-39(49)46-40(32-16-11-9-12-17-32)33-18-13-10-14-19-33/h5-14,16-27,40H,1-2,15,28-29H2,3-4H3,(H,46,49)/b20-8-,36-7+,37-26+. The molecule has 0 aromatic heterocycles. The minimum atomic E-state index is -0.755. The maximum Gasteiger partial charge on any atom is 0.285 e. The smallest absolute Gasteiger partial charge is 0.285 e. The van der Waals surface area contributed by atoms with Crippen LogP contribution in [0.25, 0.3) is 6.08 Å². The third-order valence-corrected chi connectivity index (χ3v) is 9.20. The number of nitrogens with one attached hydrogen (secondary N) is 1. The predicted molar refractivity (Wildman–Crippen MR) is 213 cm³/mol. The van der Waals surface area contributed by atoms with E-state index in [0.29, 0.717) is 34.7 Å². The normalized spacial score (nSPS) is 14.0. The summed E-state index contributed by atoms with van der Waals surface area (Å²) in [5, 5.41) is 3.16. The van der Waals surface area contributed by atoms with Crippen molar-refractivity contribution < 1.29 is 28.2 Å². The molecule has 0 saturated carbocycles. The maximum absolute atomic E-state index is 14.3. The van der Waals surface area contributed by atoms with Gasteiger partial charge >= 0.3 is 0 Å². The van der Waals surface area contributed by atoms with Gasteiger partial charge in [0.15, 0.2) is 16.7 Å². The number of hydrogen-bond acceptors (Lipinski definition) is 6. The number of aliphatic imine (C=N–C) groups is 1.